The van der Waals surface area contributed by atoms with Gasteiger partial charge in [-0.2, -0.15) is 0 Å². The summed E-state index contributed by atoms with van der Waals surface area (Å²) in [6.07, 6.45) is 0. The van der Waals surface area contributed by atoms with Gasteiger partial charge in [-0.3, -0.25) is 4.57 Å². The predicted octanol–water partition coefficient (Wildman–Crippen LogP) is 6.21. The molecule has 6 heteroatoms. The maximum atomic E-state index is 14.8. The minimum Gasteiger partial charge on any atom is -0.378 e. The van der Waals surface area contributed by atoms with E-state index in [2.05, 4.69) is 36.2 Å². The number of nitrogens with one attached hydrogen (secondary N) is 1. The Morgan fingerprint density at radius 3 is 1.79 bits per heavy atom. The molecule has 0 aliphatic heterocycles. The van der Waals surface area contributed by atoms with Gasteiger partial charge in [0.2, 0.25) is 0 Å². The zero-order valence-corrected chi connectivity index (χ0v) is 21.4. The molecule has 0 radical (unpaired) electrons. The normalized spacial score (nSPS) is 13.9. The van der Waals surface area contributed by atoms with E-state index < -0.39 is 13.2 Å². The van der Waals surface area contributed by atoms with Gasteiger partial charge in [0, 0.05) is 50.6 Å². The molecule has 0 spiro atoms. The molecule has 3 aromatic carbocycles. The van der Waals surface area contributed by atoms with Gasteiger partial charge in [-0.05, 0) is 60.0 Å². The van der Waals surface area contributed by atoms with Gasteiger partial charge in [-0.1, -0.05) is 44.2 Å². The molecule has 0 saturated heterocycles. The van der Waals surface area contributed by atoms with Gasteiger partial charge in [-0.15, -0.1) is 0 Å². The lowest BCUT2D eigenvalue weighted by molar-refractivity contribution is 0.272. The summed E-state index contributed by atoms with van der Waals surface area (Å²) < 4.78 is 21.1. The van der Waals surface area contributed by atoms with Crippen molar-refractivity contribution in [2.24, 2.45) is 5.92 Å². The van der Waals surface area contributed by atoms with Gasteiger partial charge in [0.05, 0.1) is 6.61 Å². The average molecular weight is 466 g/mol. The number of hydrogen-bond acceptors (Lipinski definition) is 5. The molecule has 0 aliphatic carbocycles. The third-order valence-corrected chi connectivity index (χ3v) is 8.13. The van der Waals surface area contributed by atoms with Crippen LogP contribution >= 0.6 is 7.37 Å². The van der Waals surface area contributed by atoms with Crippen LogP contribution < -0.4 is 20.4 Å². The van der Waals surface area contributed by atoms with E-state index in [-0.39, 0.29) is 5.92 Å². The fourth-order valence-electron chi connectivity index (χ4n) is 3.53. The summed E-state index contributed by atoms with van der Waals surface area (Å²) >= 11 is 0. The molecule has 1 N–H and O–H groups in total. The minimum atomic E-state index is -3.36. The third-order valence-electron chi connectivity index (χ3n) is 5.47. The van der Waals surface area contributed by atoms with E-state index in [9.17, 15) is 4.57 Å². The van der Waals surface area contributed by atoms with Crippen LogP contribution in [0.2, 0.25) is 0 Å². The molecule has 0 fully saturated rings. The summed E-state index contributed by atoms with van der Waals surface area (Å²) in [7, 11) is 4.66. The second-order valence-corrected chi connectivity index (χ2v) is 11.6. The highest BCUT2D eigenvalue weighted by Crippen LogP contribution is 2.59. The smallest absolute Gasteiger partial charge is 0.258 e. The van der Waals surface area contributed by atoms with Crippen LogP contribution in [0.1, 0.15) is 25.2 Å². The van der Waals surface area contributed by atoms with E-state index in [1.54, 1.807) is 0 Å². The quantitative estimate of drug-likeness (QED) is 0.361. The van der Waals surface area contributed by atoms with Crippen molar-refractivity contribution < 1.29 is 9.09 Å². The van der Waals surface area contributed by atoms with Crippen molar-refractivity contribution in [3.05, 3.63) is 84.4 Å². The van der Waals surface area contributed by atoms with E-state index >= 15 is 0 Å². The van der Waals surface area contributed by atoms with Crippen molar-refractivity contribution in [2.75, 3.05) is 49.9 Å². The molecule has 2 atom stereocenters. The molecule has 176 valence electrons. The molecule has 0 saturated carbocycles. The third kappa shape index (κ3) is 6.19. The SMILES string of the molecule is CC(C)COP(=O)(c1ccc(N(C)C)cc1)C(Nc1ccccc1)c1ccc(N(C)C)cc1. The Morgan fingerprint density at radius 1 is 0.788 bits per heavy atom. The summed E-state index contributed by atoms with van der Waals surface area (Å²) in [5.41, 5.74) is 3.97. The van der Waals surface area contributed by atoms with Crippen LogP contribution in [0, 0.1) is 5.92 Å². The molecular formula is C27H36N3O2P. The fourth-order valence-corrected chi connectivity index (χ4v) is 6.09. The maximum absolute atomic E-state index is 14.8. The lowest BCUT2D eigenvalue weighted by Gasteiger charge is -2.31. The van der Waals surface area contributed by atoms with Crippen LogP contribution in [0.5, 0.6) is 0 Å². The van der Waals surface area contributed by atoms with Crippen LogP contribution in [0.15, 0.2) is 78.9 Å². The number of benzene rings is 3. The van der Waals surface area contributed by atoms with E-state index in [1.807, 2.05) is 99.8 Å². The Balaban J connectivity index is 2.11. The van der Waals surface area contributed by atoms with Gasteiger partial charge in [-0.25, -0.2) is 0 Å². The van der Waals surface area contributed by atoms with E-state index in [1.165, 1.54) is 0 Å². The molecule has 0 aliphatic rings. The van der Waals surface area contributed by atoms with E-state index in [0.717, 1.165) is 22.6 Å². The second-order valence-electron chi connectivity index (χ2n) is 9.10. The van der Waals surface area contributed by atoms with E-state index in [0.29, 0.717) is 11.9 Å². The van der Waals surface area contributed by atoms with Crippen LogP contribution in [0.3, 0.4) is 0 Å². The molecular weight excluding hydrogens is 429 g/mol. The zero-order chi connectivity index (χ0) is 24.0. The van der Waals surface area contributed by atoms with Crippen molar-refractivity contribution >= 4 is 29.7 Å². The van der Waals surface area contributed by atoms with Crippen molar-refractivity contribution in [3.63, 3.8) is 0 Å². The Kier molecular flexibility index (Phi) is 8.23. The summed E-state index contributed by atoms with van der Waals surface area (Å²) in [5, 5.41) is 4.24. The van der Waals surface area contributed by atoms with Crippen molar-refractivity contribution in [1.82, 2.24) is 0 Å². The largest absolute Gasteiger partial charge is 0.378 e. The summed E-state index contributed by atoms with van der Waals surface area (Å²) in [4.78, 5) is 4.08. The number of para-hydroxylation sites is 1. The number of hydrogen-bond donors (Lipinski definition) is 1. The molecule has 0 aromatic heterocycles. The Hall–Kier alpha value is -2.75. The first-order valence-electron chi connectivity index (χ1n) is 11.3. The van der Waals surface area contributed by atoms with Crippen molar-refractivity contribution in [2.45, 2.75) is 19.6 Å². The first kappa shape index (κ1) is 24.9. The molecule has 3 aromatic rings. The monoisotopic (exact) mass is 465 g/mol. The Bertz CT molecular complexity index is 1050. The molecule has 0 bridgehead atoms. The molecule has 3 rings (SSSR count). The van der Waals surface area contributed by atoms with Gasteiger partial charge >= 0.3 is 0 Å². The summed E-state index contributed by atoms with van der Waals surface area (Å²) in [6, 6.07) is 25.9. The topological polar surface area (TPSA) is 44.8 Å². The lowest BCUT2D eigenvalue weighted by Crippen LogP contribution is -2.22. The van der Waals surface area contributed by atoms with Gasteiger partial charge in [0.15, 0.2) is 0 Å². The Labute approximate surface area is 198 Å². The van der Waals surface area contributed by atoms with Crippen LogP contribution in [-0.4, -0.2) is 34.8 Å². The molecule has 0 heterocycles. The predicted molar refractivity (Wildman–Crippen MR) is 142 cm³/mol. The van der Waals surface area contributed by atoms with Gasteiger partial charge in [0.25, 0.3) is 7.37 Å². The van der Waals surface area contributed by atoms with Crippen LogP contribution in [-0.2, 0) is 9.09 Å². The van der Waals surface area contributed by atoms with Crippen LogP contribution in [0.25, 0.3) is 0 Å². The summed E-state index contributed by atoms with van der Waals surface area (Å²) in [5.74, 6) is -0.270. The first-order valence-corrected chi connectivity index (χ1v) is 13.0. The number of rotatable bonds is 10. The molecule has 33 heavy (non-hydrogen) atoms. The Morgan fingerprint density at radius 2 is 1.30 bits per heavy atom. The van der Waals surface area contributed by atoms with Gasteiger partial charge in [0.1, 0.15) is 5.78 Å². The van der Waals surface area contributed by atoms with Crippen molar-refractivity contribution in [3.8, 4) is 0 Å². The molecule has 2 unspecified atom stereocenters. The number of anilines is 3. The molecule has 5 nitrogen and oxygen atoms in total. The average Bonchev–Trinajstić information content (AvgIpc) is 2.82. The minimum absolute atomic E-state index is 0.257. The van der Waals surface area contributed by atoms with Crippen LogP contribution in [0.4, 0.5) is 17.1 Å². The highest BCUT2D eigenvalue weighted by atomic mass is 31.2. The second kappa shape index (κ2) is 10.9. The number of nitrogens with zero attached hydrogens (tertiary/aromatic N) is 2. The van der Waals surface area contributed by atoms with Gasteiger partial charge < -0.3 is 19.6 Å². The lowest BCUT2D eigenvalue weighted by atomic mass is 10.2. The first-order chi connectivity index (χ1) is 15.7. The van der Waals surface area contributed by atoms with Crippen molar-refractivity contribution in [1.29, 1.82) is 0 Å². The van der Waals surface area contributed by atoms with E-state index in [4.69, 9.17) is 4.52 Å². The maximum Gasteiger partial charge on any atom is 0.258 e. The fraction of sp³-hybridized carbons (Fsp3) is 0.333. The standard InChI is InChI=1S/C27H36N3O2P/c1-21(2)20-32-33(31,26-18-16-25(17-19-26)30(5)6)27(28-23-10-8-7-9-11-23)22-12-14-24(15-13-22)29(3)4/h7-19,21,27-28H,20H2,1-6H3. The molecule has 0 amide bonds. The highest BCUT2D eigenvalue weighted by molar-refractivity contribution is 7.67. The zero-order valence-electron chi connectivity index (χ0n) is 20.5. The highest BCUT2D eigenvalue weighted by Gasteiger charge is 2.38. The summed E-state index contributed by atoms with van der Waals surface area (Å²) in [6.45, 7) is 4.56.